The van der Waals surface area contributed by atoms with Crippen LogP contribution in [0.5, 0.6) is 0 Å². The number of likely N-dealkylation sites (N-methyl/N-ethyl adjacent to an activating group) is 1. The fraction of sp³-hybridized carbons (Fsp3) is 0.750. The van der Waals surface area contributed by atoms with Crippen LogP contribution in [0.4, 0.5) is 0 Å². The Morgan fingerprint density at radius 3 is 2.29 bits per heavy atom. The molecule has 0 aromatic heterocycles. The Hall–Kier alpha value is -0.100. The zero-order valence-electron chi connectivity index (χ0n) is 8.96. The van der Waals surface area contributed by atoms with Crippen molar-refractivity contribution in [2.45, 2.75) is 0 Å². The Balaban J connectivity index is 0. The highest BCUT2D eigenvalue weighted by molar-refractivity contribution is 7.89. The third-order valence-electron chi connectivity index (χ3n) is 1.90. The second-order valence-corrected chi connectivity index (χ2v) is 5.70. The normalized spacial score (nSPS) is 11.9. The predicted molar refractivity (Wildman–Crippen MR) is 54.9 cm³/mol. The van der Waals surface area contributed by atoms with Gasteiger partial charge in [-0.3, -0.25) is 0 Å². The van der Waals surface area contributed by atoms with E-state index in [1.54, 1.807) is 6.08 Å². The number of halogens is 1. The molecule has 6 heteroatoms. The lowest BCUT2D eigenvalue weighted by molar-refractivity contribution is -0.882. The molecular weight excluding hydrogens is 224 g/mol. The van der Waals surface area contributed by atoms with Gasteiger partial charge in [0.1, 0.15) is 5.75 Å². The molecule has 0 atom stereocenters. The quantitative estimate of drug-likeness (QED) is 0.394. The maximum atomic E-state index is 11.1. The smallest absolute Gasteiger partial charge is 0.216 e. The Labute approximate surface area is 93.0 Å². The van der Waals surface area contributed by atoms with Gasteiger partial charge in [-0.15, -0.1) is 0 Å². The van der Waals surface area contributed by atoms with Crippen molar-refractivity contribution in [2.75, 3.05) is 40.0 Å². The van der Waals surface area contributed by atoms with Crippen molar-refractivity contribution in [3.63, 3.8) is 0 Å². The number of hydrogen-bond acceptors (Lipinski definition) is 2. The van der Waals surface area contributed by atoms with Crippen LogP contribution in [0.3, 0.4) is 0 Å². The lowest BCUT2D eigenvalue weighted by Gasteiger charge is -2.27. The minimum atomic E-state index is -3.07. The highest BCUT2D eigenvalue weighted by Crippen LogP contribution is 1.97. The molecular formula is C8H19ClN2O2S. The molecule has 0 rings (SSSR count). The van der Waals surface area contributed by atoms with Crippen molar-refractivity contribution < 1.29 is 25.3 Å². The highest BCUT2D eigenvalue weighted by Gasteiger charge is 2.17. The molecule has 0 aromatic carbocycles. The van der Waals surface area contributed by atoms with Crippen molar-refractivity contribution >= 4 is 10.0 Å². The topological polar surface area (TPSA) is 46.2 Å². The molecule has 1 N–H and O–H groups in total. The fourth-order valence-electron chi connectivity index (χ4n) is 0.910. The minimum Gasteiger partial charge on any atom is -1.00 e. The van der Waals surface area contributed by atoms with Crippen LogP contribution in [0.15, 0.2) is 12.7 Å². The van der Waals surface area contributed by atoms with Crippen LogP contribution < -0.4 is 17.1 Å². The molecule has 0 aromatic rings. The summed E-state index contributed by atoms with van der Waals surface area (Å²) in [5.74, 6) is 0.157. The van der Waals surface area contributed by atoms with E-state index in [4.69, 9.17) is 0 Å². The van der Waals surface area contributed by atoms with Crippen LogP contribution in [-0.4, -0.2) is 52.9 Å². The van der Waals surface area contributed by atoms with Crippen LogP contribution >= 0.6 is 0 Å². The number of rotatable bonds is 6. The zero-order valence-corrected chi connectivity index (χ0v) is 10.5. The van der Waals surface area contributed by atoms with Crippen molar-refractivity contribution in [1.29, 1.82) is 0 Å². The molecule has 0 unspecified atom stereocenters. The van der Waals surface area contributed by atoms with Gasteiger partial charge in [-0.2, -0.15) is 0 Å². The van der Waals surface area contributed by atoms with E-state index in [2.05, 4.69) is 11.3 Å². The Morgan fingerprint density at radius 1 is 1.43 bits per heavy atom. The lowest BCUT2D eigenvalue weighted by atomic mass is 10.4. The van der Waals surface area contributed by atoms with Crippen molar-refractivity contribution in [1.82, 2.24) is 4.72 Å². The summed E-state index contributed by atoms with van der Waals surface area (Å²) in [6.07, 6.45) is 1.80. The molecule has 0 saturated heterocycles. The summed E-state index contributed by atoms with van der Waals surface area (Å²) in [5.41, 5.74) is 0. The van der Waals surface area contributed by atoms with Gasteiger partial charge in [-0.1, -0.05) is 6.58 Å². The summed E-state index contributed by atoms with van der Waals surface area (Å²) in [6.45, 7) is 5.00. The van der Waals surface area contributed by atoms with Crippen molar-refractivity contribution in [3.05, 3.63) is 12.7 Å². The van der Waals surface area contributed by atoms with Gasteiger partial charge in [-0.05, 0) is 13.1 Å². The van der Waals surface area contributed by atoms with Gasteiger partial charge < -0.3 is 16.9 Å². The second kappa shape index (κ2) is 6.40. The minimum absolute atomic E-state index is 0. The van der Waals surface area contributed by atoms with Gasteiger partial charge in [-0.25, -0.2) is 13.1 Å². The molecule has 0 spiro atoms. The third kappa shape index (κ3) is 7.32. The van der Waals surface area contributed by atoms with Crippen LogP contribution in [0.2, 0.25) is 0 Å². The van der Waals surface area contributed by atoms with Gasteiger partial charge >= 0.3 is 0 Å². The summed E-state index contributed by atoms with van der Waals surface area (Å²) < 4.78 is 25.1. The molecule has 0 amide bonds. The van der Waals surface area contributed by atoms with Gasteiger partial charge in [0.05, 0.1) is 27.2 Å². The highest BCUT2D eigenvalue weighted by atomic mass is 35.5. The molecule has 0 aliphatic heterocycles. The molecule has 0 bridgehead atoms. The number of nitrogens with one attached hydrogen (secondary N) is 1. The van der Waals surface area contributed by atoms with Crippen molar-refractivity contribution in [2.24, 2.45) is 0 Å². The zero-order chi connectivity index (χ0) is 10.5. The molecule has 0 aliphatic rings. The van der Waals surface area contributed by atoms with Crippen LogP contribution in [-0.2, 0) is 10.0 Å². The first kappa shape index (κ1) is 16.3. The number of nitrogens with zero attached hydrogens (tertiary/aromatic N) is 1. The molecule has 0 saturated carbocycles. The van der Waals surface area contributed by atoms with Crippen molar-refractivity contribution in [3.8, 4) is 0 Å². The van der Waals surface area contributed by atoms with Gasteiger partial charge in [0.2, 0.25) is 10.0 Å². The molecule has 0 heterocycles. The number of quaternary nitrogens is 1. The molecule has 0 aliphatic carbocycles. The van der Waals surface area contributed by atoms with E-state index in [1.807, 2.05) is 14.1 Å². The van der Waals surface area contributed by atoms with Crippen LogP contribution in [0.25, 0.3) is 0 Å². The van der Waals surface area contributed by atoms with E-state index in [0.717, 1.165) is 6.54 Å². The van der Waals surface area contributed by atoms with E-state index in [9.17, 15) is 8.42 Å². The monoisotopic (exact) mass is 242 g/mol. The SMILES string of the molecule is C=CC[N+](C)(C)CCS(=O)(=O)NC.[Cl-]. The number of sulfonamides is 1. The molecule has 14 heavy (non-hydrogen) atoms. The summed E-state index contributed by atoms with van der Waals surface area (Å²) in [5, 5.41) is 0. The largest absolute Gasteiger partial charge is 1.00 e. The molecule has 4 nitrogen and oxygen atoms in total. The average Bonchev–Trinajstić information content (AvgIpc) is 2.02. The van der Waals surface area contributed by atoms with Gasteiger partial charge in [0.15, 0.2) is 0 Å². The lowest BCUT2D eigenvalue weighted by Crippen LogP contribution is -3.00. The molecule has 0 fully saturated rings. The first-order valence-corrected chi connectivity index (χ1v) is 5.82. The number of hydrogen-bond donors (Lipinski definition) is 1. The Morgan fingerprint density at radius 2 is 1.93 bits per heavy atom. The summed E-state index contributed by atoms with van der Waals surface area (Å²) in [7, 11) is 2.32. The van der Waals surface area contributed by atoms with E-state index < -0.39 is 10.0 Å². The second-order valence-electron chi connectivity index (χ2n) is 3.65. The Kier molecular flexibility index (Phi) is 7.46. The van der Waals surface area contributed by atoms with Crippen LogP contribution in [0.1, 0.15) is 0 Å². The molecule has 86 valence electrons. The summed E-state index contributed by atoms with van der Waals surface area (Å²) >= 11 is 0. The first-order chi connectivity index (χ1) is 5.83. The fourth-order valence-corrected chi connectivity index (χ4v) is 1.85. The van der Waals surface area contributed by atoms with Gasteiger partial charge in [0, 0.05) is 0 Å². The molecule has 0 radical (unpaired) electrons. The predicted octanol–water partition coefficient (Wildman–Crippen LogP) is -3.20. The third-order valence-corrected chi connectivity index (χ3v) is 3.24. The van der Waals surface area contributed by atoms with E-state index in [-0.39, 0.29) is 18.2 Å². The maximum Gasteiger partial charge on any atom is 0.216 e. The Bertz CT molecular complexity index is 263. The van der Waals surface area contributed by atoms with E-state index in [1.165, 1.54) is 7.05 Å². The van der Waals surface area contributed by atoms with Gasteiger partial charge in [0.25, 0.3) is 0 Å². The first-order valence-electron chi connectivity index (χ1n) is 4.17. The van der Waals surface area contributed by atoms with E-state index in [0.29, 0.717) is 11.0 Å². The standard InChI is InChI=1S/C8H19N2O2S.ClH/c1-5-6-10(3,4)7-8-13(11,12)9-2;/h5,9H,1,6-8H2,2-4H3;1H/q+1;/p-1. The average molecular weight is 243 g/mol. The maximum absolute atomic E-state index is 11.1. The summed E-state index contributed by atoms with van der Waals surface area (Å²) in [4.78, 5) is 0. The van der Waals surface area contributed by atoms with Crippen LogP contribution in [0, 0.1) is 0 Å². The van der Waals surface area contributed by atoms with E-state index >= 15 is 0 Å². The summed E-state index contributed by atoms with van der Waals surface area (Å²) in [6, 6.07) is 0.